The van der Waals surface area contributed by atoms with Crippen LogP contribution >= 0.6 is 0 Å². The highest BCUT2D eigenvalue weighted by molar-refractivity contribution is 5.80. The highest BCUT2D eigenvalue weighted by atomic mass is 16.2. The Morgan fingerprint density at radius 3 is 2.79 bits per heavy atom. The average molecular weight is 323 g/mol. The quantitative estimate of drug-likeness (QED) is 0.823. The first-order valence-electron chi connectivity index (χ1n) is 8.52. The van der Waals surface area contributed by atoms with Crippen LogP contribution in [0.1, 0.15) is 24.4 Å². The minimum absolute atomic E-state index is 0.0158. The molecule has 1 heterocycles. The van der Waals surface area contributed by atoms with Gasteiger partial charge in [0.25, 0.3) is 0 Å². The molecule has 6 heteroatoms. The van der Waals surface area contributed by atoms with Gasteiger partial charge in [-0.05, 0) is 46.6 Å². The lowest BCUT2D eigenvalue weighted by atomic mass is 9.93. The third-order valence-electron chi connectivity index (χ3n) is 5.21. The Morgan fingerprint density at radius 1 is 1.25 bits per heavy atom. The van der Waals surface area contributed by atoms with Gasteiger partial charge in [-0.1, -0.05) is 42.5 Å². The number of benzene rings is 1. The van der Waals surface area contributed by atoms with Gasteiger partial charge in [0, 0.05) is 13.0 Å². The topological polar surface area (TPSA) is 72.7 Å². The van der Waals surface area contributed by atoms with E-state index < -0.39 is 6.04 Å². The van der Waals surface area contributed by atoms with Crippen molar-refractivity contribution < 1.29 is 4.79 Å². The molecule has 1 saturated carbocycles. The number of aromatic nitrogens is 4. The molecule has 0 radical (unpaired) electrons. The first-order chi connectivity index (χ1) is 11.8. The summed E-state index contributed by atoms with van der Waals surface area (Å²) in [6.07, 6.45) is 9.16. The summed E-state index contributed by atoms with van der Waals surface area (Å²) in [6.45, 7) is 0.734. The summed E-state index contributed by atoms with van der Waals surface area (Å²) < 4.78 is 1.54. The van der Waals surface area contributed by atoms with Crippen molar-refractivity contribution in [2.24, 2.45) is 17.8 Å². The Balaban J connectivity index is 1.42. The van der Waals surface area contributed by atoms with Crippen LogP contribution in [0.3, 0.4) is 0 Å². The second-order valence-corrected chi connectivity index (χ2v) is 6.78. The lowest BCUT2D eigenvalue weighted by Gasteiger charge is -2.21. The zero-order valence-electron chi connectivity index (χ0n) is 13.5. The molecular weight excluding hydrogens is 302 g/mol. The number of fused-ring (bicyclic) bond motifs is 2. The summed E-state index contributed by atoms with van der Waals surface area (Å²) >= 11 is 0. The number of nitrogens with zero attached hydrogens (tertiary/aromatic N) is 4. The predicted molar refractivity (Wildman–Crippen MR) is 88.9 cm³/mol. The van der Waals surface area contributed by atoms with E-state index in [-0.39, 0.29) is 5.91 Å². The zero-order valence-corrected chi connectivity index (χ0v) is 13.5. The van der Waals surface area contributed by atoms with Crippen LogP contribution in [0.2, 0.25) is 0 Å². The Morgan fingerprint density at radius 2 is 2.12 bits per heavy atom. The van der Waals surface area contributed by atoms with E-state index in [0.717, 1.165) is 18.0 Å². The molecule has 4 rings (SSSR count). The van der Waals surface area contributed by atoms with E-state index in [1.807, 2.05) is 30.3 Å². The van der Waals surface area contributed by atoms with Crippen molar-refractivity contribution in [2.75, 3.05) is 6.54 Å². The SMILES string of the molecule is O=C(NC[C@@H]1C[C@H]2C=C[C@H]1C2)[C@H](Cc1ccccc1)n1cnnn1. The number of rotatable bonds is 6. The molecule has 2 aliphatic carbocycles. The van der Waals surface area contributed by atoms with Gasteiger partial charge in [-0.15, -0.1) is 5.10 Å². The highest BCUT2D eigenvalue weighted by Gasteiger charge is 2.36. The standard InChI is InChI=1S/C18H21N5O/c24-18(19-11-16-9-14-6-7-15(16)8-14)17(23-12-20-21-22-23)10-13-4-2-1-3-5-13/h1-7,12,14-17H,8-11H2,(H,19,24)/t14-,15-,16-,17-/m0/s1. The predicted octanol–water partition coefficient (Wildman–Crippen LogP) is 1.79. The van der Waals surface area contributed by atoms with Gasteiger partial charge in [0.15, 0.2) is 0 Å². The van der Waals surface area contributed by atoms with Crippen LogP contribution < -0.4 is 5.32 Å². The first-order valence-corrected chi connectivity index (χ1v) is 8.52. The molecule has 0 saturated heterocycles. The fourth-order valence-electron chi connectivity index (χ4n) is 3.93. The van der Waals surface area contributed by atoms with Gasteiger partial charge in [-0.3, -0.25) is 4.79 Å². The van der Waals surface area contributed by atoms with Crippen LogP contribution in [-0.2, 0) is 11.2 Å². The van der Waals surface area contributed by atoms with Crippen LogP contribution in [0.5, 0.6) is 0 Å². The lowest BCUT2D eigenvalue weighted by molar-refractivity contribution is -0.124. The van der Waals surface area contributed by atoms with Crippen LogP contribution in [-0.4, -0.2) is 32.7 Å². The minimum atomic E-state index is -0.420. The molecule has 4 atom stereocenters. The number of tetrazole rings is 1. The van der Waals surface area contributed by atoms with Crippen molar-refractivity contribution in [1.82, 2.24) is 25.5 Å². The third-order valence-corrected chi connectivity index (χ3v) is 5.21. The maximum Gasteiger partial charge on any atom is 0.245 e. The summed E-state index contributed by atoms with van der Waals surface area (Å²) in [5, 5.41) is 14.4. The van der Waals surface area contributed by atoms with E-state index >= 15 is 0 Å². The lowest BCUT2D eigenvalue weighted by Crippen LogP contribution is -2.37. The van der Waals surface area contributed by atoms with Crippen LogP contribution in [0.25, 0.3) is 0 Å². The van der Waals surface area contributed by atoms with E-state index in [9.17, 15) is 4.79 Å². The molecular formula is C18H21N5O. The van der Waals surface area contributed by atoms with Gasteiger partial charge < -0.3 is 5.32 Å². The summed E-state index contributed by atoms with van der Waals surface area (Å²) in [6, 6.07) is 9.54. The Kier molecular flexibility index (Phi) is 4.11. The Labute approximate surface area is 140 Å². The van der Waals surface area contributed by atoms with Crippen molar-refractivity contribution in [3.8, 4) is 0 Å². The molecule has 2 bridgehead atoms. The van der Waals surface area contributed by atoms with Crippen molar-refractivity contribution >= 4 is 5.91 Å². The van der Waals surface area contributed by atoms with Gasteiger partial charge in [-0.2, -0.15) is 0 Å². The fourth-order valence-corrected chi connectivity index (χ4v) is 3.93. The summed E-state index contributed by atoms with van der Waals surface area (Å²) in [5.74, 6) is 1.90. The molecule has 2 aromatic rings. The molecule has 1 N–H and O–H groups in total. The average Bonchev–Trinajstić information content (AvgIpc) is 3.36. The van der Waals surface area contributed by atoms with Crippen molar-refractivity contribution in [1.29, 1.82) is 0 Å². The maximum atomic E-state index is 12.8. The first kappa shape index (κ1) is 15.1. The van der Waals surface area contributed by atoms with Crippen molar-refractivity contribution in [2.45, 2.75) is 25.3 Å². The second kappa shape index (κ2) is 6.55. The van der Waals surface area contributed by atoms with Gasteiger partial charge >= 0.3 is 0 Å². The fraction of sp³-hybridized carbons (Fsp3) is 0.444. The van der Waals surface area contributed by atoms with Gasteiger partial charge in [-0.25, -0.2) is 4.68 Å². The van der Waals surface area contributed by atoms with Gasteiger partial charge in [0.05, 0.1) is 0 Å². The summed E-state index contributed by atoms with van der Waals surface area (Å²) in [5.41, 5.74) is 1.09. The van der Waals surface area contributed by atoms with E-state index in [0.29, 0.717) is 18.3 Å². The molecule has 124 valence electrons. The molecule has 1 aromatic carbocycles. The Hall–Kier alpha value is -2.50. The number of nitrogens with one attached hydrogen (secondary N) is 1. The Bertz CT molecular complexity index is 712. The number of carbonyl (C=O) groups is 1. The van der Waals surface area contributed by atoms with Gasteiger partial charge in [0.2, 0.25) is 5.91 Å². The molecule has 1 amide bonds. The van der Waals surface area contributed by atoms with Crippen molar-refractivity contribution in [3.63, 3.8) is 0 Å². The van der Waals surface area contributed by atoms with E-state index in [2.05, 4.69) is 33.0 Å². The minimum Gasteiger partial charge on any atom is -0.354 e. The highest BCUT2D eigenvalue weighted by Crippen LogP contribution is 2.42. The van der Waals surface area contributed by atoms with Crippen LogP contribution in [0.4, 0.5) is 0 Å². The third kappa shape index (κ3) is 3.09. The number of hydrogen-bond acceptors (Lipinski definition) is 4. The van der Waals surface area contributed by atoms with Crippen molar-refractivity contribution in [3.05, 3.63) is 54.4 Å². The molecule has 2 aliphatic rings. The molecule has 0 unspecified atom stereocenters. The summed E-state index contributed by atoms with van der Waals surface area (Å²) in [7, 11) is 0. The molecule has 0 aliphatic heterocycles. The van der Waals surface area contributed by atoms with E-state index in [4.69, 9.17) is 0 Å². The van der Waals surface area contributed by atoms with E-state index in [1.165, 1.54) is 19.2 Å². The molecule has 0 spiro atoms. The van der Waals surface area contributed by atoms with E-state index in [1.54, 1.807) is 4.68 Å². The zero-order chi connectivity index (χ0) is 16.4. The number of hydrogen-bond donors (Lipinski definition) is 1. The molecule has 24 heavy (non-hydrogen) atoms. The monoisotopic (exact) mass is 323 g/mol. The smallest absolute Gasteiger partial charge is 0.245 e. The molecule has 1 fully saturated rings. The summed E-state index contributed by atoms with van der Waals surface area (Å²) in [4.78, 5) is 12.8. The number of allylic oxidation sites excluding steroid dienone is 2. The normalized spacial score (nSPS) is 25.8. The maximum absolute atomic E-state index is 12.8. The molecule has 1 aromatic heterocycles. The van der Waals surface area contributed by atoms with Crippen LogP contribution in [0.15, 0.2) is 48.8 Å². The van der Waals surface area contributed by atoms with Crippen LogP contribution in [0, 0.1) is 17.8 Å². The largest absolute Gasteiger partial charge is 0.354 e. The molecule has 6 nitrogen and oxygen atoms in total. The van der Waals surface area contributed by atoms with Gasteiger partial charge in [0.1, 0.15) is 12.4 Å². The second-order valence-electron chi connectivity index (χ2n) is 6.78. The number of amides is 1. The number of carbonyl (C=O) groups excluding carboxylic acids is 1.